The van der Waals surface area contributed by atoms with Gasteiger partial charge >= 0.3 is 0 Å². The van der Waals surface area contributed by atoms with Gasteiger partial charge in [0.15, 0.2) is 11.6 Å². The lowest BCUT2D eigenvalue weighted by molar-refractivity contribution is 0.508. The normalized spacial score (nSPS) is 10.9. The van der Waals surface area contributed by atoms with Crippen molar-refractivity contribution < 1.29 is 8.78 Å². The Kier molecular flexibility index (Phi) is 7.57. The number of benzene rings is 1. The molecule has 0 amide bonds. The van der Waals surface area contributed by atoms with Gasteiger partial charge in [-0.05, 0) is 24.5 Å². The van der Waals surface area contributed by atoms with Crippen LogP contribution in [0.25, 0.3) is 0 Å². The van der Waals surface area contributed by atoms with Crippen LogP contribution in [-0.2, 0) is 0 Å². The summed E-state index contributed by atoms with van der Waals surface area (Å²) >= 11 is 4.67. The van der Waals surface area contributed by atoms with Crippen LogP contribution in [0.4, 0.5) is 14.5 Å². The first-order chi connectivity index (χ1) is 9.93. The predicted octanol–water partition coefficient (Wildman–Crippen LogP) is 4.62. The van der Waals surface area contributed by atoms with Gasteiger partial charge in [-0.3, -0.25) is 0 Å². The molecule has 1 aromatic carbocycles. The van der Waals surface area contributed by atoms with E-state index in [9.17, 15) is 8.78 Å². The predicted molar refractivity (Wildman–Crippen MR) is 88.7 cm³/mol. The van der Waals surface area contributed by atoms with Gasteiger partial charge in [0.05, 0.1) is 5.69 Å². The molecule has 0 radical (unpaired) electrons. The van der Waals surface area contributed by atoms with Gasteiger partial charge in [-0.25, -0.2) is 8.78 Å². The number of rotatable bonds is 9. The molecule has 21 heavy (non-hydrogen) atoms. The third-order valence-electron chi connectivity index (χ3n) is 3.37. The molecule has 0 saturated heterocycles. The number of nitrogens with one attached hydrogen (secondary N) is 1. The summed E-state index contributed by atoms with van der Waals surface area (Å²) < 4.78 is 27.5. The lowest BCUT2D eigenvalue weighted by Gasteiger charge is -2.10. The minimum atomic E-state index is -0.982. The summed E-state index contributed by atoms with van der Waals surface area (Å²) in [7, 11) is 0. The first-order valence-electron chi connectivity index (χ1n) is 7.45. The molecule has 0 aliphatic heterocycles. The maximum absolute atomic E-state index is 13.8. The molecule has 1 aromatic rings. The molecule has 0 aromatic heterocycles. The fourth-order valence-corrected chi connectivity index (χ4v) is 2.29. The summed E-state index contributed by atoms with van der Waals surface area (Å²) in [5, 5.41) is 2.92. The molecule has 118 valence electrons. The Hall–Kier alpha value is -1.23. The monoisotopic (exact) mass is 314 g/mol. The number of hydrogen-bond acceptors (Lipinski definition) is 2. The highest BCUT2D eigenvalue weighted by Crippen LogP contribution is 2.21. The van der Waals surface area contributed by atoms with E-state index in [-0.39, 0.29) is 16.2 Å². The van der Waals surface area contributed by atoms with Crippen LogP contribution in [0.3, 0.4) is 0 Å². The molecule has 0 atom stereocenters. The highest BCUT2D eigenvalue weighted by atomic mass is 32.1. The average Bonchev–Trinajstić information content (AvgIpc) is 2.41. The molecule has 3 N–H and O–H groups in total. The lowest BCUT2D eigenvalue weighted by Crippen LogP contribution is -2.14. The van der Waals surface area contributed by atoms with Crippen LogP contribution in [-0.4, -0.2) is 11.5 Å². The molecule has 0 aliphatic carbocycles. The van der Waals surface area contributed by atoms with Crippen LogP contribution in [0.2, 0.25) is 0 Å². The maximum atomic E-state index is 13.8. The summed E-state index contributed by atoms with van der Waals surface area (Å²) in [6.07, 6.45) is 5.68. The van der Waals surface area contributed by atoms with Crippen molar-refractivity contribution in [2.45, 2.75) is 46.0 Å². The van der Waals surface area contributed by atoms with Gasteiger partial charge in [-0.2, -0.15) is 0 Å². The molecule has 0 bridgehead atoms. The van der Waals surface area contributed by atoms with Gasteiger partial charge in [0.1, 0.15) is 4.99 Å². The number of thiocarbonyl (C=S) groups is 1. The molecule has 0 aliphatic rings. The molecular weight excluding hydrogens is 290 g/mol. The van der Waals surface area contributed by atoms with Crippen LogP contribution < -0.4 is 11.1 Å². The zero-order valence-corrected chi connectivity index (χ0v) is 13.5. The quantitative estimate of drug-likeness (QED) is 0.516. The summed E-state index contributed by atoms with van der Waals surface area (Å²) in [4.78, 5) is -0.136. The van der Waals surface area contributed by atoms with Crippen LogP contribution in [0.1, 0.15) is 51.5 Å². The van der Waals surface area contributed by atoms with Crippen LogP contribution >= 0.6 is 12.2 Å². The minimum Gasteiger partial charge on any atom is -0.389 e. The average molecular weight is 314 g/mol. The Bertz CT molecular complexity index is 476. The number of hydrogen-bond donors (Lipinski definition) is 2. The van der Waals surface area contributed by atoms with Gasteiger partial charge in [-0.1, -0.05) is 51.7 Å². The van der Waals surface area contributed by atoms with Gasteiger partial charge in [0, 0.05) is 12.1 Å². The summed E-state index contributed by atoms with van der Waals surface area (Å²) in [6, 6.07) is 2.89. The van der Waals surface area contributed by atoms with Crippen LogP contribution in [0, 0.1) is 17.6 Å². The van der Waals surface area contributed by atoms with Gasteiger partial charge < -0.3 is 11.1 Å². The Morgan fingerprint density at radius 2 is 1.81 bits per heavy atom. The Balaban J connectivity index is 2.36. The lowest BCUT2D eigenvalue weighted by atomic mass is 10.0. The van der Waals surface area contributed by atoms with Crippen molar-refractivity contribution in [3.05, 3.63) is 29.3 Å². The maximum Gasteiger partial charge on any atom is 0.182 e. The van der Waals surface area contributed by atoms with E-state index in [1.807, 2.05) is 0 Å². The molecule has 0 saturated carbocycles. The van der Waals surface area contributed by atoms with Gasteiger partial charge in [0.2, 0.25) is 0 Å². The smallest absolute Gasteiger partial charge is 0.182 e. The van der Waals surface area contributed by atoms with E-state index in [4.69, 9.17) is 5.73 Å². The van der Waals surface area contributed by atoms with E-state index in [2.05, 4.69) is 31.4 Å². The number of anilines is 1. The Morgan fingerprint density at radius 3 is 2.43 bits per heavy atom. The number of halogens is 2. The van der Waals surface area contributed by atoms with Crippen molar-refractivity contribution in [2.75, 3.05) is 11.9 Å². The zero-order valence-electron chi connectivity index (χ0n) is 12.7. The minimum absolute atomic E-state index is 0.0539. The van der Waals surface area contributed by atoms with E-state index in [1.54, 1.807) is 0 Å². The second kappa shape index (κ2) is 8.93. The molecule has 0 fully saturated rings. The fourth-order valence-electron chi connectivity index (χ4n) is 2.13. The Labute approximate surface area is 131 Å². The molecular formula is C16H24F2N2S. The topological polar surface area (TPSA) is 38.0 Å². The van der Waals surface area contributed by atoms with Crippen molar-refractivity contribution in [2.24, 2.45) is 11.7 Å². The van der Waals surface area contributed by atoms with E-state index < -0.39 is 11.6 Å². The highest BCUT2D eigenvalue weighted by Gasteiger charge is 2.14. The van der Waals surface area contributed by atoms with E-state index >= 15 is 0 Å². The molecule has 0 spiro atoms. The van der Waals surface area contributed by atoms with E-state index in [0.29, 0.717) is 6.54 Å². The largest absolute Gasteiger partial charge is 0.389 e. The highest BCUT2D eigenvalue weighted by molar-refractivity contribution is 7.80. The van der Waals surface area contributed by atoms with E-state index in [0.717, 1.165) is 18.8 Å². The van der Waals surface area contributed by atoms with E-state index in [1.165, 1.54) is 31.4 Å². The van der Waals surface area contributed by atoms with Crippen molar-refractivity contribution >= 4 is 22.9 Å². The summed E-state index contributed by atoms with van der Waals surface area (Å²) in [5.41, 5.74) is 5.44. The number of nitrogens with two attached hydrogens (primary N) is 1. The Morgan fingerprint density at radius 1 is 1.14 bits per heavy atom. The van der Waals surface area contributed by atoms with Crippen molar-refractivity contribution in [3.63, 3.8) is 0 Å². The van der Waals surface area contributed by atoms with Gasteiger partial charge in [-0.15, -0.1) is 0 Å². The third-order valence-corrected chi connectivity index (χ3v) is 3.59. The van der Waals surface area contributed by atoms with Crippen molar-refractivity contribution in [3.8, 4) is 0 Å². The first kappa shape index (κ1) is 17.8. The summed E-state index contributed by atoms with van der Waals surface area (Å²) in [5.74, 6) is -1.16. The SMILES string of the molecule is CC(C)CCCCCCNc1ccc(C(N)=S)c(F)c1F. The molecule has 0 unspecified atom stereocenters. The first-order valence-corrected chi connectivity index (χ1v) is 7.86. The zero-order chi connectivity index (χ0) is 15.8. The fraction of sp³-hybridized carbons (Fsp3) is 0.562. The van der Waals surface area contributed by atoms with Gasteiger partial charge in [0.25, 0.3) is 0 Å². The molecule has 1 rings (SSSR count). The standard InChI is InChI=1S/C16H24F2N2S/c1-11(2)7-5-3-4-6-10-20-13-9-8-12(16(19)21)14(17)15(13)18/h8-9,11,20H,3-7,10H2,1-2H3,(H2,19,21). The molecule has 0 heterocycles. The number of unbranched alkanes of at least 4 members (excludes halogenated alkanes) is 3. The molecule has 2 nitrogen and oxygen atoms in total. The van der Waals surface area contributed by atoms with Crippen LogP contribution in [0.15, 0.2) is 12.1 Å². The van der Waals surface area contributed by atoms with Crippen molar-refractivity contribution in [1.82, 2.24) is 0 Å². The second-order valence-corrected chi connectivity index (χ2v) is 6.12. The molecule has 5 heteroatoms. The summed E-state index contributed by atoms with van der Waals surface area (Å²) in [6.45, 7) is 5.07. The van der Waals surface area contributed by atoms with Crippen molar-refractivity contribution in [1.29, 1.82) is 0 Å². The third kappa shape index (κ3) is 5.96. The van der Waals surface area contributed by atoms with Crippen LogP contribution in [0.5, 0.6) is 0 Å². The second-order valence-electron chi connectivity index (χ2n) is 5.68.